The Morgan fingerprint density at radius 2 is 1.00 bits per heavy atom. The molecule has 0 heterocycles. The first kappa shape index (κ1) is 19.9. The van der Waals surface area contributed by atoms with Gasteiger partial charge in [0.15, 0.2) is 0 Å². The summed E-state index contributed by atoms with van der Waals surface area (Å²) in [5, 5.41) is 0. The summed E-state index contributed by atoms with van der Waals surface area (Å²) < 4.78 is 6.08. The van der Waals surface area contributed by atoms with Crippen LogP contribution in [0.4, 0.5) is 0 Å². The Balaban J connectivity index is 5.31. The van der Waals surface area contributed by atoms with Crippen molar-refractivity contribution in [2.45, 2.75) is 79.1 Å². The van der Waals surface area contributed by atoms with Crippen LogP contribution in [0.25, 0.3) is 0 Å². The normalized spacial score (nSPS) is 13.7. The Bertz CT molecular complexity index is 210. The van der Waals surface area contributed by atoms with E-state index < -0.39 is 6.83 Å². The fraction of sp³-hybridized carbons (Fsp3) is 0.941. The second-order valence-electron chi connectivity index (χ2n) is 6.37. The molecule has 0 aliphatic rings. The molecule has 20 heavy (non-hydrogen) atoms. The molecule has 0 aromatic carbocycles. The van der Waals surface area contributed by atoms with E-state index >= 15 is 0 Å². The first-order chi connectivity index (χ1) is 9.62. The van der Waals surface area contributed by atoms with Crippen LogP contribution in [-0.4, -0.2) is 31.1 Å². The van der Waals surface area contributed by atoms with E-state index in [2.05, 4.69) is 27.7 Å². The van der Waals surface area contributed by atoms with Crippen molar-refractivity contribution in [1.82, 2.24) is 0 Å². The molecule has 2 nitrogen and oxygen atoms in total. The van der Waals surface area contributed by atoms with E-state index in [1.165, 1.54) is 76.0 Å². The van der Waals surface area contributed by atoms with E-state index in [0.29, 0.717) is 0 Å². The molecule has 0 unspecified atom stereocenters. The van der Waals surface area contributed by atoms with Gasteiger partial charge < -0.3 is 0 Å². The summed E-state index contributed by atoms with van der Waals surface area (Å²) in [4.78, 5) is 11.3. The van der Waals surface area contributed by atoms with E-state index in [1.54, 1.807) is 0 Å². The van der Waals surface area contributed by atoms with Crippen LogP contribution in [0.1, 0.15) is 79.1 Å². The zero-order valence-electron chi connectivity index (χ0n) is 14.3. The summed E-state index contributed by atoms with van der Waals surface area (Å²) >= 11 is 0. The zero-order valence-corrected chi connectivity index (χ0v) is 15.2. The van der Waals surface area contributed by atoms with Crippen molar-refractivity contribution in [2.24, 2.45) is 0 Å². The van der Waals surface area contributed by atoms with Crippen LogP contribution in [-0.2, 0) is 9.32 Å². The van der Waals surface area contributed by atoms with Gasteiger partial charge in [0.1, 0.15) is 0 Å². The fourth-order valence-corrected chi connectivity index (χ4v) is 9.71. The van der Waals surface area contributed by atoms with E-state index in [1.807, 2.05) is 0 Å². The van der Waals surface area contributed by atoms with Crippen molar-refractivity contribution in [3.63, 3.8) is 0 Å². The fourth-order valence-electron chi connectivity index (χ4n) is 3.24. The molecule has 0 aromatic heterocycles. The monoisotopic (exact) mass is 304 g/mol. The maximum absolute atomic E-state index is 11.3. The standard InChI is InChI=1S/C17H37O2P/c1-5-9-13-20(19-17-18,14-10-6-2,15-11-7-3)16-12-8-4/h17H,5-16H2,1-4H3. The van der Waals surface area contributed by atoms with Gasteiger partial charge in [-0.05, 0) is 0 Å². The molecule has 0 radical (unpaired) electrons. The molecule has 0 aliphatic carbocycles. The van der Waals surface area contributed by atoms with Gasteiger partial charge >= 0.3 is 126 Å². The Labute approximate surface area is 127 Å². The molecule has 0 saturated carbocycles. The molecule has 0 aromatic rings. The van der Waals surface area contributed by atoms with Gasteiger partial charge in [-0.1, -0.05) is 0 Å². The molecule has 0 amide bonds. The van der Waals surface area contributed by atoms with Crippen LogP contribution in [0, 0.1) is 0 Å². The van der Waals surface area contributed by atoms with Gasteiger partial charge in [-0.3, -0.25) is 0 Å². The van der Waals surface area contributed by atoms with Crippen LogP contribution >= 0.6 is 6.83 Å². The van der Waals surface area contributed by atoms with Gasteiger partial charge in [-0.25, -0.2) is 0 Å². The zero-order chi connectivity index (χ0) is 15.3. The Morgan fingerprint density at radius 1 is 0.700 bits per heavy atom. The molecule has 0 aliphatic heterocycles. The Hall–Kier alpha value is -0.100. The van der Waals surface area contributed by atoms with E-state index in [4.69, 9.17) is 4.52 Å². The minimum absolute atomic E-state index is 0.786. The van der Waals surface area contributed by atoms with Gasteiger partial charge in [-0.15, -0.1) is 0 Å². The molecule has 0 bridgehead atoms. The first-order valence-corrected chi connectivity index (χ1v) is 11.6. The van der Waals surface area contributed by atoms with Gasteiger partial charge in [0.2, 0.25) is 0 Å². The Kier molecular flexibility index (Phi) is 10.5. The second kappa shape index (κ2) is 10.6. The van der Waals surface area contributed by atoms with Crippen LogP contribution in [0.15, 0.2) is 0 Å². The molecular weight excluding hydrogens is 267 g/mol. The average molecular weight is 304 g/mol. The van der Waals surface area contributed by atoms with Crippen molar-refractivity contribution >= 4 is 13.3 Å². The molecular formula is C17H37O2P. The molecule has 3 heteroatoms. The number of carbonyl (C=O) groups is 1. The second-order valence-corrected chi connectivity index (χ2v) is 12.1. The predicted molar refractivity (Wildman–Crippen MR) is 93.2 cm³/mol. The van der Waals surface area contributed by atoms with Crippen molar-refractivity contribution in [2.75, 3.05) is 24.6 Å². The van der Waals surface area contributed by atoms with Gasteiger partial charge in [-0.2, -0.15) is 0 Å². The van der Waals surface area contributed by atoms with Gasteiger partial charge in [0.25, 0.3) is 0 Å². The molecule has 0 spiro atoms. The summed E-state index contributed by atoms with van der Waals surface area (Å²) in [6.45, 7) is 7.47. The van der Waals surface area contributed by atoms with Crippen molar-refractivity contribution in [1.29, 1.82) is 0 Å². The third kappa shape index (κ3) is 6.12. The molecule has 0 N–H and O–H groups in total. The quantitative estimate of drug-likeness (QED) is 0.298. The van der Waals surface area contributed by atoms with Crippen molar-refractivity contribution in [3.8, 4) is 0 Å². The number of rotatable bonds is 14. The van der Waals surface area contributed by atoms with Gasteiger partial charge in [0.05, 0.1) is 0 Å². The predicted octanol–water partition coefficient (Wildman–Crippen LogP) is 5.83. The summed E-state index contributed by atoms with van der Waals surface area (Å²) in [7, 11) is 0. The van der Waals surface area contributed by atoms with Crippen LogP contribution in [0.3, 0.4) is 0 Å². The van der Waals surface area contributed by atoms with Crippen molar-refractivity contribution < 1.29 is 9.32 Å². The van der Waals surface area contributed by atoms with E-state index in [-0.39, 0.29) is 0 Å². The van der Waals surface area contributed by atoms with E-state index in [9.17, 15) is 4.79 Å². The molecule has 0 fully saturated rings. The Morgan fingerprint density at radius 3 is 1.20 bits per heavy atom. The first-order valence-electron chi connectivity index (χ1n) is 8.75. The van der Waals surface area contributed by atoms with Crippen LogP contribution < -0.4 is 0 Å². The number of unbranched alkanes of at least 4 members (excludes halogenated alkanes) is 4. The summed E-state index contributed by atoms with van der Waals surface area (Å²) in [5.41, 5.74) is 0. The molecule has 122 valence electrons. The van der Waals surface area contributed by atoms with E-state index in [0.717, 1.165) is 6.47 Å². The van der Waals surface area contributed by atoms with Gasteiger partial charge in [0, 0.05) is 0 Å². The number of carbonyl (C=O) groups excluding carboxylic acids is 1. The third-order valence-electron chi connectivity index (χ3n) is 4.65. The third-order valence-corrected chi connectivity index (χ3v) is 11.1. The molecule has 0 atom stereocenters. The summed E-state index contributed by atoms with van der Waals surface area (Å²) in [6, 6.07) is 0. The van der Waals surface area contributed by atoms with Crippen molar-refractivity contribution in [3.05, 3.63) is 0 Å². The number of hydrogen-bond donors (Lipinski definition) is 0. The molecule has 0 saturated heterocycles. The average Bonchev–Trinajstić information content (AvgIpc) is 2.48. The minimum atomic E-state index is -2.28. The SMILES string of the molecule is CCCCP(CCCC)(CCCC)(CCCC)OC=O. The van der Waals surface area contributed by atoms with Crippen LogP contribution in [0.5, 0.6) is 0 Å². The maximum atomic E-state index is 11.3. The topological polar surface area (TPSA) is 26.3 Å². The summed E-state index contributed by atoms with van der Waals surface area (Å²) in [5.74, 6) is 0. The summed E-state index contributed by atoms with van der Waals surface area (Å²) in [6.07, 6.45) is 14.3. The number of hydrogen-bond acceptors (Lipinski definition) is 2. The molecule has 0 rings (SSSR count). The van der Waals surface area contributed by atoms with Crippen LogP contribution in [0.2, 0.25) is 0 Å².